The van der Waals surface area contributed by atoms with E-state index in [1.54, 1.807) is 14.2 Å². The molecule has 0 saturated carbocycles. The van der Waals surface area contributed by atoms with Crippen molar-refractivity contribution in [2.24, 2.45) is 0 Å². The molecule has 1 heterocycles. The highest BCUT2D eigenvalue weighted by atomic mass is 16.5. The van der Waals surface area contributed by atoms with Crippen LogP contribution in [-0.4, -0.2) is 51.2 Å². The third-order valence-corrected chi connectivity index (χ3v) is 4.57. The minimum absolute atomic E-state index is 0.0306. The molecule has 3 rings (SSSR count). The number of amides is 1. The van der Waals surface area contributed by atoms with Crippen molar-refractivity contribution in [1.29, 1.82) is 0 Å². The van der Waals surface area contributed by atoms with Gasteiger partial charge in [-0.1, -0.05) is 18.2 Å². The van der Waals surface area contributed by atoms with Crippen LogP contribution in [0.3, 0.4) is 0 Å². The Morgan fingerprint density at radius 1 is 1.15 bits per heavy atom. The number of methoxy groups -OCH3 is 2. The summed E-state index contributed by atoms with van der Waals surface area (Å²) in [5, 5.41) is 6.36. The molecule has 26 heavy (non-hydrogen) atoms. The van der Waals surface area contributed by atoms with Gasteiger partial charge in [-0.3, -0.25) is 9.69 Å². The van der Waals surface area contributed by atoms with Gasteiger partial charge in [0.1, 0.15) is 11.5 Å². The smallest absolute Gasteiger partial charge is 0.238 e. The minimum atomic E-state index is -0.0306. The van der Waals surface area contributed by atoms with Crippen molar-refractivity contribution in [3.63, 3.8) is 0 Å². The fourth-order valence-corrected chi connectivity index (χ4v) is 3.24. The summed E-state index contributed by atoms with van der Waals surface area (Å²) in [6.07, 6.45) is 0. The largest absolute Gasteiger partial charge is 0.497 e. The summed E-state index contributed by atoms with van der Waals surface area (Å²) < 4.78 is 10.6. The van der Waals surface area contributed by atoms with Crippen LogP contribution in [0.5, 0.6) is 11.5 Å². The van der Waals surface area contributed by atoms with Gasteiger partial charge in [0.05, 0.1) is 26.8 Å². The zero-order chi connectivity index (χ0) is 18.4. The lowest BCUT2D eigenvalue weighted by atomic mass is 10.0. The van der Waals surface area contributed by atoms with Gasteiger partial charge >= 0.3 is 0 Å². The zero-order valence-corrected chi connectivity index (χ0v) is 15.2. The van der Waals surface area contributed by atoms with E-state index in [4.69, 9.17) is 9.47 Å². The summed E-state index contributed by atoms with van der Waals surface area (Å²) in [6, 6.07) is 15.4. The van der Waals surface area contributed by atoms with Crippen LogP contribution in [0.4, 0.5) is 5.69 Å². The van der Waals surface area contributed by atoms with Gasteiger partial charge in [-0.05, 0) is 30.3 Å². The Balaban J connectivity index is 1.68. The first-order chi connectivity index (χ1) is 12.7. The molecule has 1 saturated heterocycles. The lowest BCUT2D eigenvalue weighted by Crippen LogP contribution is -2.48. The molecule has 2 aromatic rings. The standard InChI is InChI=1S/C20H25N3O3/c1-25-16-9-7-15(8-10-16)22-20(24)14-23-12-11-21-13-18(23)17-5-3-4-6-19(17)26-2/h3-10,18,21H,11-14H2,1-2H3,(H,22,24)/t18-/m1/s1. The van der Waals surface area contributed by atoms with Gasteiger partial charge in [-0.15, -0.1) is 0 Å². The third kappa shape index (κ3) is 4.33. The summed E-state index contributed by atoms with van der Waals surface area (Å²) >= 11 is 0. The zero-order valence-electron chi connectivity index (χ0n) is 15.2. The van der Waals surface area contributed by atoms with Gasteiger partial charge in [0, 0.05) is 30.9 Å². The molecule has 0 aromatic heterocycles. The molecule has 1 amide bonds. The van der Waals surface area contributed by atoms with E-state index in [1.165, 1.54) is 0 Å². The van der Waals surface area contributed by atoms with Gasteiger partial charge in [-0.25, -0.2) is 0 Å². The number of carbonyl (C=O) groups excluding carboxylic acids is 1. The average molecular weight is 355 g/mol. The van der Waals surface area contributed by atoms with E-state index >= 15 is 0 Å². The Kier molecular flexibility index (Phi) is 6.09. The number of anilines is 1. The Hall–Kier alpha value is -2.57. The summed E-state index contributed by atoms with van der Waals surface area (Å²) in [5.41, 5.74) is 1.86. The van der Waals surface area contributed by atoms with Crippen molar-refractivity contribution >= 4 is 11.6 Å². The first kappa shape index (κ1) is 18.2. The van der Waals surface area contributed by atoms with E-state index in [0.717, 1.165) is 42.4 Å². The number of hydrogen-bond acceptors (Lipinski definition) is 5. The third-order valence-electron chi connectivity index (χ3n) is 4.57. The number of rotatable bonds is 6. The molecule has 0 aliphatic carbocycles. The number of carbonyl (C=O) groups is 1. The quantitative estimate of drug-likeness (QED) is 0.832. The first-order valence-electron chi connectivity index (χ1n) is 8.73. The molecule has 1 aliphatic heterocycles. The van der Waals surface area contributed by atoms with E-state index in [2.05, 4.69) is 21.6 Å². The topological polar surface area (TPSA) is 62.8 Å². The minimum Gasteiger partial charge on any atom is -0.497 e. The lowest BCUT2D eigenvalue weighted by molar-refractivity contribution is -0.118. The molecule has 1 aliphatic rings. The average Bonchev–Trinajstić information content (AvgIpc) is 2.69. The molecule has 0 radical (unpaired) electrons. The predicted molar refractivity (Wildman–Crippen MR) is 102 cm³/mol. The monoisotopic (exact) mass is 355 g/mol. The Labute approximate surface area is 154 Å². The normalized spacial score (nSPS) is 17.5. The number of ether oxygens (including phenoxy) is 2. The summed E-state index contributed by atoms with van der Waals surface area (Å²) in [5.74, 6) is 1.58. The molecule has 138 valence electrons. The molecule has 0 bridgehead atoms. The maximum Gasteiger partial charge on any atom is 0.238 e. The van der Waals surface area contributed by atoms with Crippen molar-refractivity contribution in [3.8, 4) is 11.5 Å². The number of piperazine rings is 1. The Bertz CT molecular complexity index is 733. The van der Waals surface area contributed by atoms with Crippen LogP contribution >= 0.6 is 0 Å². The fraction of sp³-hybridized carbons (Fsp3) is 0.350. The molecular formula is C20H25N3O3. The lowest BCUT2D eigenvalue weighted by Gasteiger charge is -2.36. The number of hydrogen-bond donors (Lipinski definition) is 2. The van der Waals surface area contributed by atoms with Crippen LogP contribution in [0.1, 0.15) is 11.6 Å². The predicted octanol–water partition coefficient (Wildman–Crippen LogP) is 2.29. The van der Waals surface area contributed by atoms with Gasteiger partial charge in [0.25, 0.3) is 0 Å². The van der Waals surface area contributed by atoms with Crippen LogP contribution in [0.2, 0.25) is 0 Å². The van der Waals surface area contributed by atoms with Gasteiger partial charge in [-0.2, -0.15) is 0 Å². The van der Waals surface area contributed by atoms with Crippen LogP contribution in [0.15, 0.2) is 48.5 Å². The molecule has 0 unspecified atom stereocenters. The molecule has 6 nitrogen and oxygen atoms in total. The van der Waals surface area contributed by atoms with Crippen molar-refractivity contribution in [2.45, 2.75) is 6.04 Å². The molecule has 2 aromatic carbocycles. The first-order valence-corrected chi connectivity index (χ1v) is 8.73. The molecule has 2 N–H and O–H groups in total. The number of benzene rings is 2. The van der Waals surface area contributed by atoms with Crippen molar-refractivity contribution in [2.75, 3.05) is 45.7 Å². The second-order valence-electron chi connectivity index (χ2n) is 6.21. The number of para-hydroxylation sites is 1. The molecule has 1 fully saturated rings. The van der Waals surface area contributed by atoms with Crippen LogP contribution in [0.25, 0.3) is 0 Å². The van der Waals surface area contributed by atoms with Crippen LogP contribution in [-0.2, 0) is 4.79 Å². The van der Waals surface area contributed by atoms with E-state index in [0.29, 0.717) is 6.54 Å². The highest BCUT2D eigenvalue weighted by Crippen LogP contribution is 2.30. The molecule has 1 atom stereocenters. The Morgan fingerprint density at radius 3 is 2.65 bits per heavy atom. The van der Waals surface area contributed by atoms with Crippen LogP contribution in [0, 0.1) is 0 Å². The summed E-state index contributed by atoms with van der Waals surface area (Å²) in [4.78, 5) is 14.7. The number of nitrogens with one attached hydrogen (secondary N) is 2. The van der Waals surface area contributed by atoms with E-state index in [1.807, 2.05) is 42.5 Å². The fourth-order valence-electron chi connectivity index (χ4n) is 3.24. The maximum atomic E-state index is 12.5. The van der Waals surface area contributed by atoms with Crippen molar-refractivity contribution < 1.29 is 14.3 Å². The van der Waals surface area contributed by atoms with E-state index in [-0.39, 0.29) is 11.9 Å². The molecule has 0 spiro atoms. The van der Waals surface area contributed by atoms with Gasteiger partial charge in [0.2, 0.25) is 5.91 Å². The molecule has 6 heteroatoms. The van der Waals surface area contributed by atoms with Crippen molar-refractivity contribution in [3.05, 3.63) is 54.1 Å². The highest BCUT2D eigenvalue weighted by molar-refractivity contribution is 5.92. The second kappa shape index (κ2) is 8.69. The summed E-state index contributed by atoms with van der Waals surface area (Å²) in [7, 11) is 3.30. The SMILES string of the molecule is COc1ccc(NC(=O)CN2CCNC[C@@H]2c2ccccc2OC)cc1. The van der Waals surface area contributed by atoms with E-state index in [9.17, 15) is 4.79 Å². The van der Waals surface area contributed by atoms with E-state index < -0.39 is 0 Å². The number of nitrogens with zero attached hydrogens (tertiary/aromatic N) is 1. The van der Waals surface area contributed by atoms with Gasteiger partial charge in [0.15, 0.2) is 0 Å². The maximum absolute atomic E-state index is 12.5. The van der Waals surface area contributed by atoms with Gasteiger partial charge < -0.3 is 20.1 Å². The second-order valence-corrected chi connectivity index (χ2v) is 6.21. The highest BCUT2D eigenvalue weighted by Gasteiger charge is 2.27. The van der Waals surface area contributed by atoms with Crippen molar-refractivity contribution in [1.82, 2.24) is 10.2 Å². The molecular weight excluding hydrogens is 330 g/mol. The Morgan fingerprint density at radius 2 is 1.92 bits per heavy atom. The summed E-state index contributed by atoms with van der Waals surface area (Å²) in [6.45, 7) is 2.78. The van der Waals surface area contributed by atoms with Crippen LogP contribution < -0.4 is 20.1 Å².